The van der Waals surface area contributed by atoms with E-state index in [-0.39, 0.29) is 23.4 Å². The highest BCUT2D eigenvalue weighted by Crippen LogP contribution is 2.45. The van der Waals surface area contributed by atoms with Crippen LogP contribution in [0.1, 0.15) is 57.3 Å². The molecule has 170 valence electrons. The summed E-state index contributed by atoms with van der Waals surface area (Å²) in [5.74, 6) is 1.19. The molecule has 1 aliphatic carbocycles. The van der Waals surface area contributed by atoms with Crippen LogP contribution in [-0.4, -0.2) is 58.2 Å². The average Bonchev–Trinajstić information content (AvgIpc) is 3.11. The van der Waals surface area contributed by atoms with E-state index in [2.05, 4.69) is 31.8 Å². The molecule has 3 heterocycles. The van der Waals surface area contributed by atoms with Gasteiger partial charge in [0.05, 0.1) is 11.1 Å². The third kappa shape index (κ3) is 4.69. The van der Waals surface area contributed by atoms with E-state index in [1.807, 2.05) is 4.57 Å². The lowest BCUT2D eigenvalue weighted by Crippen LogP contribution is -2.34. The normalized spacial score (nSPS) is 22.3. The first-order chi connectivity index (χ1) is 14.7. The lowest BCUT2D eigenvalue weighted by molar-refractivity contribution is 0.0950. The molecular weight excluding hydrogens is 444 g/mol. The Kier molecular flexibility index (Phi) is 6.21. The van der Waals surface area contributed by atoms with Crippen LogP contribution in [0.5, 0.6) is 0 Å². The fourth-order valence-corrected chi connectivity index (χ4v) is 5.08. The SMILES string of the molecule is CO[C@H](c1ncc(Cl)cn1)[C@H](C)S(=O)(=O)Nc1nnc(C[C@@H]2CCCO2)n1C1(C)CC1. The molecule has 31 heavy (non-hydrogen) atoms. The van der Waals surface area contributed by atoms with Crippen molar-refractivity contribution in [3.8, 4) is 0 Å². The highest BCUT2D eigenvalue weighted by molar-refractivity contribution is 7.93. The summed E-state index contributed by atoms with van der Waals surface area (Å²) in [6, 6.07) is 0. The standard InChI is InChI=1S/C19H27ClN6O4S/c1-12(16(29-3)17-21-10-13(20)11-22-17)31(27,28)25-18-24-23-15(9-14-5-4-8-30-14)26(18)19(2)6-7-19/h10-12,14,16H,4-9H2,1-3H3,(H,24,25)/t12-,14-,16-/m0/s1. The molecule has 12 heteroatoms. The minimum atomic E-state index is -3.89. The number of nitrogens with one attached hydrogen (secondary N) is 1. The smallest absolute Gasteiger partial charge is 0.240 e. The Morgan fingerprint density at radius 1 is 1.35 bits per heavy atom. The predicted octanol–water partition coefficient (Wildman–Crippen LogP) is 2.47. The molecule has 0 spiro atoms. The summed E-state index contributed by atoms with van der Waals surface area (Å²) in [6.07, 6.45) is 6.51. The molecule has 0 amide bonds. The van der Waals surface area contributed by atoms with Crippen LogP contribution >= 0.6 is 11.6 Å². The first-order valence-corrected chi connectivity index (χ1v) is 12.2. The zero-order chi connectivity index (χ0) is 22.2. The quantitative estimate of drug-likeness (QED) is 0.593. The van der Waals surface area contributed by atoms with Crippen LogP contribution in [0.4, 0.5) is 5.95 Å². The van der Waals surface area contributed by atoms with Gasteiger partial charge in [-0.15, -0.1) is 10.2 Å². The first kappa shape index (κ1) is 22.4. The Hall–Kier alpha value is -1.82. The molecule has 2 fully saturated rings. The molecule has 10 nitrogen and oxygen atoms in total. The van der Waals surface area contributed by atoms with Gasteiger partial charge in [0, 0.05) is 38.1 Å². The van der Waals surface area contributed by atoms with Crippen molar-refractivity contribution in [2.75, 3.05) is 18.4 Å². The zero-order valence-electron chi connectivity index (χ0n) is 17.8. The highest BCUT2D eigenvalue weighted by Gasteiger charge is 2.44. The van der Waals surface area contributed by atoms with Gasteiger partial charge in [-0.05, 0) is 39.5 Å². The molecule has 3 atom stereocenters. The van der Waals surface area contributed by atoms with Gasteiger partial charge in [0.25, 0.3) is 0 Å². The van der Waals surface area contributed by atoms with Gasteiger partial charge < -0.3 is 9.47 Å². The van der Waals surface area contributed by atoms with E-state index in [4.69, 9.17) is 21.1 Å². The number of anilines is 1. The molecule has 0 radical (unpaired) electrons. The number of methoxy groups -OCH3 is 1. The molecule has 1 saturated carbocycles. The number of aromatic nitrogens is 5. The van der Waals surface area contributed by atoms with Gasteiger partial charge in [-0.25, -0.2) is 18.4 Å². The summed E-state index contributed by atoms with van der Waals surface area (Å²) in [5.41, 5.74) is -0.196. The van der Waals surface area contributed by atoms with E-state index < -0.39 is 21.4 Å². The molecule has 2 aliphatic rings. The van der Waals surface area contributed by atoms with E-state index in [1.165, 1.54) is 19.5 Å². The van der Waals surface area contributed by atoms with E-state index in [0.717, 1.165) is 38.1 Å². The summed E-state index contributed by atoms with van der Waals surface area (Å²) in [6.45, 7) is 4.37. The first-order valence-electron chi connectivity index (χ1n) is 10.3. The lowest BCUT2D eigenvalue weighted by Gasteiger charge is -2.23. The molecular formula is C19H27ClN6O4S. The number of halogens is 1. The second kappa shape index (κ2) is 8.61. The molecule has 1 saturated heterocycles. The second-order valence-corrected chi connectivity index (χ2v) is 10.9. The second-order valence-electron chi connectivity index (χ2n) is 8.38. The Bertz CT molecular complexity index is 1020. The van der Waals surface area contributed by atoms with E-state index >= 15 is 0 Å². The summed E-state index contributed by atoms with van der Waals surface area (Å²) >= 11 is 5.84. The van der Waals surface area contributed by atoms with Gasteiger partial charge >= 0.3 is 0 Å². The minimum Gasteiger partial charge on any atom is -0.378 e. The third-order valence-corrected chi connectivity index (χ3v) is 7.86. The topological polar surface area (TPSA) is 121 Å². The van der Waals surface area contributed by atoms with Crippen molar-refractivity contribution >= 4 is 27.6 Å². The largest absolute Gasteiger partial charge is 0.378 e. The van der Waals surface area contributed by atoms with Crippen LogP contribution in [-0.2, 0) is 31.5 Å². The molecule has 2 aromatic heterocycles. The molecule has 1 N–H and O–H groups in total. The van der Waals surface area contributed by atoms with E-state index in [1.54, 1.807) is 6.92 Å². The Morgan fingerprint density at radius 3 is 2.65 bits per heavy atom. The van der Waals surface area contributed by atoms with Crippen molar-refractivity contribution in [1.82, 2.24) is 24.7 Å². The zero-order valence-corrected chi connectivity index (χ0v) is 19.4. The molecule has 0 aromatic carbocycles. The van der Waals surface area contributed by atoms with Crippen LogP contribution in [0.2, 0.25) is 5.02 Å². The van der Waals surface area contributed by atoms with Crippen LogP contribution in [0.3, 0.4) is 0 Å². The van der Waals surface area contributed by atoms with Crippen LogP contribution in [0.15, 0.2) is 12.4 Å². The summed E-state index contributed by atoms with van der Waals surface area (Å²) in [7, 11) is -2.48. The van der Waals surface area contributed by atoms with Gasteiger partial charge in [0.1, 0.15) is 17.2 Å². The van der Waals surface area contributed by atoms with Crippen molar-refractivity contribution in [3.63, 3.8) is 0 Å². The van der Waals surface area contributed by atoms with Gasteiger partial charge in [-0.3, -0.25) is 9.29 Å². The molecule has 0 bridgehead atoms. The van der Waals surface area contributed by atoms with Gasteiger partial charge in [-0.2, -0.15) is 0 Å². The van der Waals surface area contributed by atoms with Crippen molar-refractivity contribution in [2.24, 2.45) is 0 Å². The summed E-state index contributed by atoms with van der Waals surface area (Å²) in [5, 5.41) is 7.85. The average molecular weight is 471 g/mol. The molecule has 4 rings (SSSR count). The third-order valence-electron chi connectivity index (χ3n) is 5.98. The van der Waals surface area contributed by atoms with Crippen molar-refractivity contribution in [1.29, 1.82) is 0 Å². The van der Waals surface area contributed by atoms with Crippen LogP contribution in [0, 0.1) is 0 Å². The van der Waals surface area contributed by atoms with Gasteiger partial charge in [-0.1, -0.05) is 11.6 Å². The van der Waals surface area contributed by atoms with Crippen molar-refractivity contribution in [3.05, 3.63) is 29.1 Å². The molecule has 2 aromatic rings. The van der Waals surface area contributed by atoms with Crippen LogP contribution < -0.4 is 4.72 Å². The van der Waals surface area contributed by atoms with Gasteiger partial charge in [0.15, 0.2) is 5.82 Å². The monoisotopic (exact) mass is 470 g/mol. The molecule has 0 unspecified atom stereocenters. The number of rotatable bonds is 9. The Labute approximate surface area is 186 Å². The Balaban J connectivity index is 1.58. The Morgan fingerprint density at radius 2 is 2.06 bits per heavy atom. The van der Waals surface area contributed by atoms with Gasteiger partial charge in [0.2, 0.25) is 16.0 Å². The number of nitrogens with zero attached hydrogens (tertiary/aromatic N) is 5. The fourth-order valence-electron chi connectivity index (χ4n) is 3.85. The van der Waals surface area contributed by atoms with Crippen molar-refractivity contribution in [2.45, 2.75) is 68.9 Å². The maximum atomic E-state index is 13.2. The number of hydrogen-bond donors (Lipinski definition) is 1. The van der Waals surface area contributed by atoms with Crippen molar-refractivity contribution < 1.29 is 17.9 Å². The van der Waals surface area contributed by atoms with E-state index in [9.17, 15) is 8.42 Å². The maximum absolute atomic E-state index is 13.2. The highest BCUT2D eigenvalue weighted by atomic mass is 35.5. The fraction of sp³-hybridized carbons (Fsp3) is 0.684. The number of ether oxygens (including phenoxy) is 2. The summed E-state index contributed by atoms with van der Waals surface area (Å²) in [4.78, 5) is 8.22. The number of hydrogen-bond acceptors (Lipinski definition) is 8. The minimum absolute atomic E-state index is 0.0913. The predicted molar refractivity (Wildman–Crippen MR) is 114 cm³/mol. The lowest BCUT2D eigenvalue weighted by atomic mass is 10.1. The summed E-state index contributed by atoms with van der Waals surface area (Å²) < 4.78 is 42.1. The van der Waals surface area contributed by atoms with Crippen LogP contribution in [0.25, 0.3) is 0 Å². The molecule has 1 aliphatic heterocycles. The van der Waals surface area contributed by atoms with E-state index in [0.29, 0.717) is 11.4 Å². The maximum Gasteiger partial charge on any atom is 0.240 e. The number of sulfonamides is 1.